The molecule has 0 saturated heterocycles. The van der Waals surface area contributed by atoms with Gasteiger partial charge in [0.2, 0.25) is 0 Å². The van der Waals surface area contributed by atoms with E-state index in [2.05, 4.69) is 216 Å². The minimum absolute atomic E-state index is 0.551. The zero-order chi connectivity index (χ0) is 38.9. The second-order valence-corrected chi connectivity index (χ2v) is 15.2. The van der Waals surface area contributed by atoms with E-state index in [4.69, 9.17) is 9.15 Å². The van der Waals surface area contributed by atoms with Crippen LogP contribution in [0.4, 0.5) is 34.1 Å². The van der Waals surface area contributed by atoms with Gasteiger partial charge in [0.25, 0.3) is 0 Å². The maximum absolute atomic E-state index is 6.62. The van der Waals surface area contributed by atoms with Crippen molar-refractivity contribution in [3.8, 4) is 22.6 Å². The van der Waals surface area contributed by atoms with Crippen molar-refractivity contribution in [3.63, 3.8) is 0 Å². The first-order valence-corrected chi connectivity index (χ1v) is 20.1. The van der Waals surface area contributed by atoms with Crippen LogP contribution in [0.2, 0.25) is 0 Å². The molecule has 1 aliphatic carbocycles. The Morgan fingerprint density at radius 2 is 0.814 bits per heavy atom. The van der Waals surface area contributed by atoms with Crippen LogP contribution in [0.3, 0.4) is 0 Å². The number of fused-ring (bicyclic) bond motifs is 12. The monoisotopic (exact) mass is 756 g/mol. The van der Waals surface area contributed by atoms with Crippen LogP contribution >= 0.6 is 0 Å². The van der Waals surface area contributed by atoms with Gasteiger partial charge in [-0.15, -0.1) is 0 Å². The molecule has 0 atom stereocenters. The van der Waals surface area contributed by atoms with Crippen LogP contribution in [-0.4, -0.2) is 0 Å². The molecule has 0 saturated carbocycles. The lowest BCUT2D eigenvalue weighted by Crippen LogP contribution is -2.32. The summed E-state index contributed by atoms with van der Waals surface area (Å²) >= 11 is 0. The first kappa shape index (κ1) is 33.3. The number of ether oxygens (including phenoxy) is 1. The summed E-state index contributed by atoms with van der Waals surface area (Å²) in [5.74, 6) is 1.77. The normalized spacial score (nSPS) is 13.0. The quantitative estimate of drug-likeness (QED) is 0.169. The summed E-state index contributed by atoms with van der Waals surface area (Å²) in [6, 6.07) is 77.9. The second kappa shape index (κ2) is 13.1. The fraction of sp³-hybridized carbons (Fsp3) is 0.0182. The number of hydrogen-bond acceptors (Lipinski definition) is 4. The smallest absolute Gasteiger partial charge is 0.135 e. The van der Waals surface area contributed by atoms with E-state index in [0.717, 1.165) is 78.7 Å². The van der Waals surface area contributed by atoms with Gasteiger partial charge in [0, 0.05) is 44.6 Å². The molecule has 2 aliphatic rings. The lowest BCUT2D eigenvalue weighted by atomic mass is 9.66. The summed E-state index contributed by atoms with van der Waals surface area (Å²) in [5, 5.41) is 2.17. The van der Waals surface area contributed by atoms with E-state index < -0.39 is 5.41 Å². The van der Waals surface area contributed by atoms with Gasteiger partial charge in [0.1, 0.15) is 22.7 Å². The van der Waals surface area contributed by atoms with Gasteiger partial charge in [0.15, 0.2) is 0 Å². The van der Waals surface area contributed by atoms with Crippen LogP contribution in [0.5, 0.6) is 11.5 Å². The number of rotatable bonds is 6. The molecule has 59 heavy (non-hydrogen) atoms. The SMILES string of the molecule is c1ccc(N(c2ccccc2)c2ccccc2N(c2ccc3c(c2)-c2ccccc2C32c3ccccc3Oc3ccccc32)c2ccc3oc4ccccc4c3c2)cc1. The molecule has 10 aromatic rings. The highest BCUT2D eigenvalue weighted by Crippen LogP contribution is 2.62. The molecule has 4 nitrogen and oxygen atoms in total. The van der Waals surface area contributed by atoms with E-state index in [1.54, 1.807) is 0 Å². The van der Waals surface area contributed by atoms with E-state index in [1.807, 2.05) is 12.1 Å². The summed E-state index contributed by atoms with van der Waals surface area (Å²) in [6.07, 6.45) is 0. The Balaban J connectivity index is 1.14. The van der Waals surface area contributed by atoms with Crippen molar-refractivity contribution in [3.05, 3.63) is 241 Å². The van der Waals surface area contributed by atoms with Crippen LogP contribution < -0.4 is 14.5 Å². The van der Waals surface area contributed by atoms with Gasteiger partial charge in [-0.25, -0.2) is 0 Å². The van der Waals surface area contributed by atoms with Crippen molar-refractivity contribution in [2.75, 3.05) is 9.80 Å². The molecule has 9 aromatic carbocycles. The Bertz CT molecular complexity index is 3140. The van der Waals surface area contributed by atoms with E-state index in [9.17, 15) is 0 Å². The van der Waals surface area contributed by atoms with Gasteiger partial charge >= 0.3 is 0 Å². The molecule has 12 rings (SSSR count). The highest BCUT2D eigenvalue weighted by atomic mass is 16.5. The standard InChI is InChI=1S/C55H36N2O2/c1-3-17-37(18-4-1)56(38-19-5-2-6-20-38)49-26-12-13-27-50(49)57(40-32-34-52-44(36-40)42-22-8-14-28-51(42)58-52)39-31-33-46-43(35-39)41-21-7-9-23-45(41)55(46)47-24-10-15-29-53(47)59-54-30-16-11-25-48(54)55/h1-36H. The van der Waals surface area contributed by atoms with E-state index >= 15 is 0 Å². The summed E-state index contributed by atoms with van der Waals surface area (Å²) in [4.78, 5) is 4.76. The molecule has 0 radical (unpaired) electrons. The van der Waals surface area contributed by atoms with E-state index in [-0.39, 0.29) is 0 Å². The number of para-hydroxylation sites is 7. The summed E-state index contributed by atoms with van der Waals surface area (Å²) in [5.41, 5.74) is 14.7. The Labute approximate surface area is 342 Å². The minimum Gasteiger partial charge on any atom is -0.457 e. The molecule has 0 N–H and O–H groups in total. The van der Waals surface area contributed by atoms with Crippen molar-refractivity contribution in [1.29, 1.82) is 0 Å². The molecule has 278 valence electrons. The lowest BCUT2D eigenvalue weighted by molar-refractivity contribution is 0.436. The molecule has 1 aliphatic heterocycles. The average molecular weight is 757 g/mol. The maximum Gasteiger partial charge on any atom is 0.135 e. The lowest BCUT2D eigenvalue weighted by Gasteiger charge is -2.39. The van der Waals surface area contributed by atoms with Crippen LogP contribution in [-0.2, 0) is 5.41 Å². The predicted octanol–water partition coefficient (Wildman–Crippen LogP) is 15.0. The van der Waals surface area contributed by atoms with Gasteiger partial charge in [0.05, 0.1) is 16.8 Å². The molecular formula is C55H36N2O2. The molecule has 4 heteroatoms. The van der Waals surface area contributed by atoms with Gasteiger partial charge in [-0.3, -0.25) is 0 Å². The van der Waals surface area contributed by atoms with Gasteiger partial charge in [-0.05, 0) is 107 Å². The molecule has 2 heterocycles. The third-order valence-electron chi connectivity index (χ3n) is 12.1. The second-order valence-electron chi connectivity index (χ2n) is 15.2. The molecular weight excluding hydrogens is 721 g/mol. The average Bonchev–Trinajstić information content (AvgIpc) is 3.81. The Morgan fingerprint density at radius 1 is 0.322 bits per heavy atom. The Kier molecular flexibility index (Phi) is 7.41. The van der Waals surface area contributed by atoms with E-state index in [0.29, 0.717) is 0 Å². The molecule has 0 amide bonds. The summed E-state index contributed by atoms with van der Waals surface area (Å²) < 4.78 is 13.0. The number of nitrogens with zero attached hydrogens (tertiary/aromatic N) is 2. The van der Waals surface area contributed by atoms with Crippen LogP contribution in [0.15, 0.2) is 223 Å². The highest BCUT2D eigenvalue weighted by Gasteiger charge is 2.51. The Hall–Kier alpha value is -7.82. The van der Waals surface area contributed by atoms with Gasteiger partial charge in [-0.1, -0.05) is 133 Å². The topological polar surface area (TPSA) is 28.9 Å². The minimum atomic E-state index is -0.551. The third-order valence-corrected chi connectivity index (χ3v) is 12.1. The van der Waals surface area contributed by atoms with Crippen molar-refractivity contribution < 1.29 is 9.15 Å². The largest absolute Gasteiger partial charge is 0.457 e. The van der Waals surface area contributed by atoms with Crippen molar-refractivity contribution in [1.82, 2.24) is 0 Å². The van der Waals surface area contributed by atoms with Gasteiger partial charge < -0.3 is 19.0 Å². The summed E-state index contributed by atoms with van der Waals surface area (Å²) in [6.45, 7) is 0. The van der Waals surface area contributed by atoms with E-state index in [1.165, 1.54) is 22.3 Å². The molecule has 0 unspecified atom stereocenters. The zero-order valence-corrected chi connectivity index (χ0v) is 32.0. The van der Waals surface area contributed by atoms with Crippen LogP contribution in [0, 0.1) is 0 Å². The van der Waals surface area contributed by atoms with Crippen LogP contribution in [0.25, 0.3) is 33.1 Å². The first-order chi connectivity index (χ1) is 29.3. The predicted molar refractivity (Wildman–Crippen MR) is 240 cm³/mol. The summed E-state index contributed by atoms with van der Waals surface area (Å²) in [7, 11) is 0. The molecule has 0 bridgehead atoms. The first-order valence-electron chi connectivity index (χ1n) is 20.1. The number of benzene rings is 9. The van der Waals surface area contributed by atoms with Crippen molar-refractivity contribution >= 4 is 56.1 Å². The van der Waals surface area contributed by atoms with Crippen molar-refractivity contribution in [2.24, 2.45) is 0 Å². The maximum atomic E-state index is 6.62. The highest BCUT2D eigenvalue weighted by molar-refractivity contribution is 6.07. The number of furan rings is 1. The molecule has 0 fully saturated rings. The third kappa shape index (κ3) is 4.96. The van der Waals surface area contributed by atoms with Crippen LogP contribution in [0.1, 0.15) is 22.3 Å². The van der Waals surface area contributed by atoms with Crippen molar-refractivity contribution in [2.45, 2.75) is 5.41 Å². The fourth-order valence-electron chi connectivity index (χ4n) is 9.69. The number of hydrogen-bond donors (Lipinski definition) is 0. The fourth-order valence-corrected chi connectivity index (χ4v) is 9.69. The molecule has 1 spiro atoms. The number of anilines is 6. The molecule has 1 aromatic heterocycles. The zero-order valence-electron chi connectivity index (χ0n) is 32.0. The Morgan fingerprint density at radius 3 is 1.51 bits per heavy atom. The van der Waals surface area contributed by atoms with Gasteiger partial charge in [-0.2, -0.15) is 0 Å².